The Morgan fingerprint density at radius 3 is 2.59 bits per heavy atom. The number of ether oxygens (including phenoxy) is 1. The number of piperidine rings is 1. The highest BCUT2D eigenvalue weighted by molar-refractivity contribution is 5.75. The number of anilines is 1. The molecular weight excluding hydrogens is 364 g/mol. The normalized spacial score (nSPS) is 24.5. The van der Waals surface area contributed by atoms with Crippen LogP contribution < -0.4 is 15.0 Å². The van der Waals surface area contributed by atoms with Crippen LogP contribution in [0, 0.1) is 0 Å². The third-order valence-corrected chi connectivity index (χ3v) is 6.60. The summed E-state index contributed by atoms with van der Waals surface area (Å²) in [5, 5.41) is 12.1. The van der Waals surface area contributed by atoms with Gasteiger partial charge in [0.2, 0.25) is 5.88 Å². The molecule has 2 bridgehead atoms. The van der Waals surface area contributed by atoms with Gasteiger partial charge in [0.05, 0.1) is 18.1 Å². The maximum absolute atomic E-state index is 6.05. The molecule has 2 atom stereocenters. The van der Waals surface area contributed by atoms with Crippen molar-refractivity contribution in [3.05, 3.63) is 48.3 Å². The number of nitrogens with one attached hydrogen (secondary N) is 1. The van der Waals surface area contributed by atoms with Crippen LogP contribution >= 0.6 is 0 Å². The van der Waals surface area contributed by atoms with Crippen molar-refractivity contribution in [2.45, 2.75) is 50.4 Å². The van der Waals surface area contributed by atoms with Crippen molar-refractivity contribution in [3.63, 3.8) is 0 Å². The Labute approximate surface area is 169 Å². The second-order valence-electron chi connectivity index (χ2n) is 8.34. The van der Waals surface area contributed by atoms with Crippen molar-refractivity contribution in [2.75, 3.05) is 11.9 Å². The summed E-state index contributed by atoms with van der Waals surface area (Å²) in [5.41, 5.74) is 4.29. The van der Waals surface area contributed by atoms with Crippen LogP contribution in [0.25, 0.3) is 16.8 Å². The number of nitrogens with zero attached hydrogens (tertiary/aromatic N) is 5. The summed E-state index contributed by atoms with van der Waals surface area (Å²) in [7, 11) is 2.17. The van der Waals surface area contributed by atoms with E-state index in [4.69, 9.17) is 9.72 Å². The van der Waals surface area contributed by atoms with Crippen molar-refractivity contribution < 1.29 is 4.74 Å². The fraction of sp³-hybridized carbons (Fsp3) is 0.409. The number of pyridine rings is 1. The molecule has 2 fully saturated rings. The van der Waals surface area contributed by atoms with Crippen LogP contribution in [0.4, 0.5) is 5.82 Å². The summed E-state index contributed by atoms with van der Waals surface area (Å²) in [6.07, 6.45) is 8.37. The van der Waals surface area contributed by atoms with E-state index in [2.05, 4.69) is 51.7 Å². The van der Waals surface area contributed by atoms with E-state index >= 15 is 0 Å². The Bertz CT molecular complexity index is 1040. The predicted octanol–water partition coefficient (Wildman–Crippen LogP) is 2.94. The van der Waals surface area contributed by atoms with Gasteiger partial charge in [0, 0.05) is 30.7 Å². The molecule has 2 aromatic heterocycles. The molecule has 0 amide bonds. The molecule has 5 heterocycles. The minimum Gasteiger partial charge on any atom is -0.472 e. The van der Waals surface area contributed by atoms with Gasteiger partial charge in [-0.15, -0.1) is 0 Å². The maximum Gasteiger partial charge on any atom is 0.223 e. The third kappa shape index (κ3) is 2.88. The highest BCUT2D eigenvalue weighted by Gasteiger charge is 2.35. The van der Waals surface area contributed by atoms with E-state index in [-0.39, 0.29) is 0 Å². The first-order valence-electron chi connectivity index (χ1n) is 10.4. The summed E-state index contributed by atoms with van der Waals surface area (Å²) >= 11 is 0. The molecule has 2 saturated heterocycles. The zero-order valence-corrected chi connectivity index (χ0v) is 16.5. The molecule has 148 valence electrons. The Morgan fingerprint density at radius 1 is 1.03 bits per heavy atom. The highest BCUT2D eigenvalue weighted by Crippen LogP contribution is 2.39. The number of rotatable bonds is 3. The van der Waals surface area contributed by atoms with Gasteiger partial charge in [-0.3, -0.25) is 0 Å². The first-order chi connectivity index (χ1) is 14.2. The monoisotopic (exact) mass is 388 g/mol. The van der Waals surface area contributed by atoms with Crippen LogP contribution in [0.5, 0.6) is 5.88 Å². The molecule has 0 aliphatic carbocycles. The fourth-order valence-corrected chi connectivity index (χ4v) is 5.05. The smallest absolute Gasteiger partial charge is 0.223 e. The van der Waals surface area contributed by atoms with Crippen LogP contribution in [-0.4, -0.2) is 45.2 Å². The largest absolute Gasteiger partial charge is 0.472 e. The topological polar surface area (TPSA) is 68.1 Å². The van der Waals surface area contributed by atoms with Crippen molar-refractivity contribution in [2.24, 2.45) is 0 Å². The SMILES string of the molecule is CN(c1ccc2c(n1)OCc1cc(-n3nccn3)ccc1-2)C1CC2CCC(C1)N2. The van der Waals surface area contributed by atoms with Crippen LogP contribution in [0.3, 0.4) is 0 Å². The summed E-state index contributed by atoms with van der Waals surface area (Å²) in [4.78, 5) is 8.85. The van der Waals surface area contributed by atoms with Gasteiger partial charge in [-0.25, -0.2) is 0 Å². The Balaban J connectivity index is 1.29. The number of fused-ring (bicyclic) bond motifs is 5. The molecule has 0 saturated carbocycles. The number of hydrogen-bond donors (Lipinski definition) is 1. The molecule has 29 heavy (non-hydrogen) atoms. The molecule has 0 radical (unpaired) electrons. The molecule has 7 nitrogen and oxygen atoms in total. The van der Waals surface area contributed by atoms with Gasteiger partial charge in [-0.05, 0) is 61.1 Å². The molecule has 1 N–H and O–H groups in total. The lowest BCUT2D eigenvalue weighted by Crippen LogP contribution is -2.47. The predicted molar refractivity (Wildman–Crippen MR) is 110 cm³/mol. The lowest BCUT2D eigenvalue weighted by molar-refractivity contribution is 0.289. The second-order valence-corrected chi connectivity index (χ2v) is 8.34. The van der Waals surface area contributed by atoms with E-state index < -0.39 is 0 Å². The van der Waals surface area contributed by atoms with Gasteiger partial charge in [0.15, 0.2) is 0 Å². The first kappa shape index (κ1) is 17.0. The van der Waals surface area contributed by atoms with Crippen LogP contribution in [0.1, 0.15) is 31.2 Å². The van der Waals surface area contributed by atoms with Crippen LogP contribution in [0.2, 0.25) is 0 Å². The lowest BCUT2D eigenvalue weighted by Gasteiger charge is -2.36. The second kappa shape index (κ2) is 6.56. The Hall–Kier alpha value is -2.93. The fourth-order valence-electron chi connectivity index (χ4n) is 5.05. The van der Waals surface area contributed by atoms with E-state index in [1.54, 1.807) is 17.2 Å². The van der Waals surface area contributed by atoms with E-state index in [1.807, 2.05) is 6.07 Å². The molecular formula is C22H24N6O. The summed E-state index contributed by atoms with van der Waals surface area (Å²) in [6, 6.07) is 12.4. The van der Waals surface area contributed by atoms with Gasteiger partial charge in [-0.2, -0.15) is 20.0 Å². The zero-order chi connectivity index (χ0) is 19.4. The summed E-state index contributed by atoms with van der Waals surface area (Å²) in [6.45, 7) is 0.509. The average Bonchev–Trinajstić information content (AvgIpc) is 3.42. The minimum atomic E-state index is 0.509. The van der Waals surface area contributed by atoms with Gasteiger partial charge < -0.3 is 15.0 Å². The lowest BCUT2D eigenvalue weighted by atomic mass is 9.97. The van der Waals surface area contributed by atoms with Crippen LogP contribution in [-0.2, 0) is 6.61 Å². The number of hydrogen-bond acceptors (Lipinski definition) is 6. The first-order valence-corrected chi connectivity index (χ1v) is 10.4. The van der Waals surface area contributed by atoms with Crippen molar-refractivity contribution in [1.29, 1.82) is 0 Å². The molecule has 3 aliphatic heterocycles. The van der Waals surface area contributed by atoms with Gasteiger partial charge in [-0.1, -0.05) is 6.07 Å². The average molecular weight is 388 g/mol. The standard InChI is InChI=1S/C22H24N6O/c1-27(18-11-15-2-3-16(12-18)25-15)21-7-6-20-19-5-4-17(28-23-8-9-24-28)10-14(19)13-29-22(20)26-21/h4-10,15-16,18,25H,2-3,11-13H2,1H3. The van der Waals surface area contributed by atoms with Gasteiger partial charge >= 0.3 is 0 Å². The molecule has 6 rings (SSSR count). The van der Waals surface area contributed by atoms with Crippen molar-refractivity contribution >= 4 is 5.82 Å². The quantitative estimate of drug-likeness (QED) is 0.744. The van der Waals surface area contributed by atoms with Crippen molar-refractivity contribution in [1.82, 2.24) is 25.3 Å². The number of benzene rings is 1. The molecule has 0 spiro atoms. The molecule has 2 unspecified atom stereocenters. The molecule has 7 heteroatoms. The molecule has 3 aliphatic rings. The van der Waals surface area contributed by atoms with E-state index in [9.17, 15) is 0 Å². The molecule has 3 aromatic rings. The third-order valence-electron chi connectivity index (χ3n) is 6.60. The van der Waals surface area contributed by atoms with E-state index in [0.29, 0.717) is 24.7 Å². The Morgan fingerprint density at radius 2 is 1.79 bits per heavy atom. The maximum atomic E-state index is 6.05. The Kier molecular flexibility index (Phi) is 3.84. The molecule has 1 aromatic carbocycles. The van der Waals surface area contributed by atoms with Crippen molar-refractivity contribution in [3.8, 4) is 22.7 Å². The zero-order valence-electron chi connectivity index (χ0n) is 16.5. The van der Waals surface area contributed by atoms with Gasteiger partial charge in [0.1, 0.15) is 12.4 Å². The minimum absolute atomic E-state index is 0.509. The summed E-state index contributed by atoms with van der Waals surface area (Å²) < 4.78 is 6.05. The van der Waals surface area contributed by atoms with E-state index in [0.717, 1.165) is 28.5 Å². The highest BCUT2D eigenvalue weighted by atomic mass is 16.5. The summed E-state index contributed by atoms with van der Waals surface area (Å²) in [5.74, 6) is 1.72. The van der Waals surface area contributed by atoms with Crippen LogP contribution in [0.15, 0.2) is 42.7 Å². The van der Waals surface area contributed by atoms with Gasteiger partial charge in [0.25, 0.3) is 0 Å². The number of aromatic nitrogens is 4. The van der Waals surface area contributed by atoms with E-state index in [1.165, 1.54) is 31.2 Å².